The molecule has 1 heterocycles. The van der Waals surface area contributed by atoms with Crippen molar-refractivity contribution in [2.45, 2.75) is 51.7 Å². The van der Waals surface area contributed by atoms with Crippen LogP contribution in [0.3, 0.4) is 0 Å². The predicted octanol–water partition coefficient (Wildman–Crippen LogP) is 3.28. The Balaban J connectivity index is 1.65. The lowest BCUT2D eigenvalue weighted by atomic mass is 9.87. The molecule has 0 saturated heterocycles. The molecule has 8 nitrogen and oxygen atoms in total. The number of methoxy groups -OCH3 is 1. The van der Waals surface area contributed by atoms with Crippen LogP contribution in [0.15, 0.2) is 30.5 Å². The van der Waals surface area contributed by atoms with Crippen LogP contribution >= 0.6 is 11.8 Å². The zero-order chi connectivity index (χ0) is 24.7. The van der Waals surface area contributed by atoms with Crippen molar-refractivity contribution in [3.05, 3.63) is 52.8 Å². The zero-order valence-electron chi connectivity index (χ0n) is 19.9. The van der Waals surface area contributed by atoms with E-state index in [4.69, 9.17) is 14.2 Å². The van der Waals surface area contributed by atoms with Crippen LogP contribution in [0.5, 0.6) is 11.5 Å². The Bertz CT molecular complexity index is 1060. The van der Waals surface area contributed by atoms with Gasteiger partial charge in [-0.3, -0.25) is 9.59 Å². The zero-order valence-corrected chi connectivity index (χ0v) is 20.7. The van der Waals surface area contributed by atoms with Gasteiger partial charge in [-0.15, -0.1) is 0 Å². The highest BCUT2D eigenvalue weighted by atomic mass is 32.2. The number of carbonyl (C=O) groups is 3. The third-order valence-corrected chi connectivity index (χ3v) is 6.30. The number of esters is 2. The molecule has 1 aromatic heterocycles. The Morgan fingerprint density at radius 2 is 2.06 bits per heavy atom. The fourth-order valence-corrected chi connectivity index (χ4v) is 4.20. The van der Waals surface area contributed by atoms with Crippen molar-refractivity contribution in [3.63, 3.8) is 0 Å². The second kappa shape index (κ2) is 11.9. The summed E-state index contributed by atoms with van der Waals surface area (Å²) in [5, 5.41) is 2.60. The van der Waals surface area contributed by atoms with Gasteiger partial charge in [0.05, 0.1) is 13.5 Å². The standard InChI is InChI=1S/C25H30N2O6S/c1-15-6-5-7-17-8-9-18(14-19(15)17)32-25(30)16(2)27-24(29)22-23(20(31-3)10-12-26-22)33-21(28)11-13-34-4/h5-7,10,12,16,18H,8-9,11,13-14H2,1-4H3,(H,27,29)/t16-,18?/m0/s1. The quantitative estimate of drug-likeness (QED) is 0.539. The summed E-state index contributed by atoms with van der Waals surface area (Å²) in [6.07, 6.45) is 5.41. The molecule has 1 amide bonds. The highest BCUT2D eigenvalue weighted by Gasteiger charge is 2.28. The normalized spacial score (nSPS) is 15.6. The molecule has 2 atom stereocenters. The third-order valence-electron chi connectivity index (χ3n) is 5.69. The molecule has 1 aromatic carbocycles. The third kappa shape index (κ3) is 6.28. The van der Waals surface area contributed by atoms with E-state index in [1.54, 1.807) is 6.92 Å². The van der Waals surface area contributed by atoms with Crippen LogP contribution in [-0.2, 0) is 27.2 Å². The smallest absolute Gasteiger partial charge is 0.328 e. The first-order valence-electron chi connectivity index (χ1n) is 11.1. The number of benzene rings is 1. The van der Waals surface area contributed by atoms with Crippen LogP contribution in [0, 0.1) is 6.92 Å². The Labute approximate surface area is 203 Å². The number of nitrogens with one attached hydrogen (secondary N) is 1. The molecule has 0 fully saturated rings. The lowest BCUT2D eigenvalue weighted by Crippen LogP contribution is -2.42. The van der Waals surface area contributed by atoms with E-state index >= 15 is 0 Å². The van der Waals surface area contributed by atoms with Crippen LogP contribution in [-0.4, -0.2) is 54.1 Å². The van der Waals surface area contributed by atoms with Gasteiger partial charge < -0.3 is 19.5 Å². The summed E-state index contributed by atoms with van der Waals surface area (Å²) >= 11 is 1.51. The molecule has 3 rings (SSSR count). The first-order chi connectivity index (χ1) is 16.3. The number of rotatable bonds is 9. The summed E-state index contributed by atoms with van der Waals surface area (Å²) in [6.45, 7) is 3.60. The van der Waals surface area contributed by atoms with E-state index in [2.05, 4.69) is 29.4 Å². The highest BCUT2D eigenvalue weighted by molar-refractivity contribution is 7.98. The molecule has 0 spiro atoms. The number of amides is 1. The van der Waals surface area contributed by atoms with Crippen molar-refractivity contribution in [3.8, 4) is 11.5 Å². The van der Waals surface area contributed by atoms with Gasteiger partial charge in [-0.1, -0.05) is 18.2 Å². The van der Waals surface area contributed by atoms with Crippen LogP contribution in [0.1, 0.15) is 46.9 Å². The minimum absolute atomic E-state index is 0.0754. The Hall–Kier alpha value is -3.07. The summed E-state index contributed by atoms with van der Waals surface area (Å²) in [7, 11) is 1.40. The number of nitrogens with zero attached hydrogens (tertiary/aromatic N) is 1. The monoisotopic (exact) mass is 486 g/mol. The molecule has 1 aliphatic carbocycles. The van der Waals surface area contributed by atoms with Crippen molar-refractivity contribution >= 4 is 29.6 Å². The lowest BCUT2D eigenvalue weighted by molar-refractivity contribution is -0.151. The number of aromatic nitrogens is 1. The van der Waals surface area contributed by atoms with Crippen LogP contribution in [0.25, 0.3) is 0 Å². The van der Waals surface area contributed by atoms with Gasteiger partial charge in [0, 0.05) is 24.4 Å². The topological polar surface area (TPSA) is 104 Å². The summed E-state index contributed by atoms with van der Waals surface area (Å²) in [5.74, 6) is -0.998. The summed E-state index contributed by atoms with van der Waals surface area (Å²) in [5.41, 5.74) is 3.55. The van der Waals surface area contributed by atoms with Gasteiger partial charge in [0.2, 0.25) is 5.75 Å². The Morgan fingerprint density at radius 1 is 1.26 bits per heavy atom. The number of carbonyl (C=O) groups excluding carboxylic acids is 3. The largest absolute Gasteiger partial charge is 0.493 e. The maximum atomic E-state index is 12.9. The first kappa shape index (κ1) is 25.6. The van der Waals surface area contributed by atoms with Gasteiger partial charge in [-0.25, -0.2) is 9.78 Å². The molecule has 9 heteroatoms. The van der Waals surface area contributed by atoms with E-state index in [1.165, 1.54) is 47.8 Å². The summed E-state index contributed by atoms with van der Waals surface area (Å²) < 4.78 is 16.3. The molecule has 0 saturated carbocycles. The molecule has 0 bridgehead atoms. The van der Waals surface area contributed by atoms with E-state index in [1.807, 2.05) is 12.3 Å². The van der Waals surface area contributed by atoms with Crippen LogP contribution in [0.2, 0.25) is 0 Å². The maximum Gasteiger partial charge on any atom is 0.328 e. The molecular weight excluding hydrogens is 456 g/mol. The number of hydrogen-bond acceptors (Lipinski definition) is 8. The fourth-order valence-electron chi connectivity index (χ4n) is 3.83. The number of ether oxygens (including phenoxy) is 3. The Morgan fingerprint density at radius 3 is 2.79 bits per heavy atom. The lowest BCUT2D eigenvalue weighted by Gasteiger charge is -2.27. The number of hydrogen-bond donors (Lipinski definition) is 1. The minimum Gasteiger partial charge on any atom is -0.493 e. The second-order valence-electron chi connectivity index (χ2n) is 8.12. The van der Waals surface area contributed by atoms with Gasteiger partial charge in [-0.2, -0.15) is 11.8 Å². The average Bonchev–Trinajstić information content (AvgIpc) is 2.83. The van der Waals surface area contributed by atoms with Gasteiger partial charge in [0.25, 0.3) is 5.91 Å². The van der Waals surface area contributed by atoms with Gasteiger partial charge in [-0.05, 0) is 49.6 Å². The molecule has 2 aromatic rings. The highest BCUT2D eigenvalue weighted by Crippen LogP contribution is 2.30. The predicted molar refractivity (Wildman–Crippen MR) is 129 cm³/mol. The summed E-state index contributed by atoms with van der Waals surface area (Å²) in [6, 6.07) is 6.78. The van der Waals surface area contributed by atoms with Gasteiger partial charge >= 0.3 is 11.9 Å². The van der Waals surface area contributed by atoms with Gasteiger partial charge in [0.15, 0.2) is 11.4 Å². The average molecular weight is 487 g/mol. The fraction of sp³-hybridized carbons (Fsp3) is 0.440. The van der Waals surface area contributed by atoms with Crippen molar-refractivity contribution in [2.24, 2.45) is 0 Å². The number of pyridine rings is 1. The van der Waals surface area contributed by atoms with Crippen LogP contribution in [0.4, 0.5) is 0 Å². The van der Waals surface area contributed by atoms with Crippen molar-refractivity contribution in [2.75, 3.05) is 19.1 Å². The number of aryl methyl sites for hydroxylation is 2. The van der Waals surface area contributed by atoms with Gasteiger partial charge in [0.1, 0.15) is 12.1 Å². The molecule has 182 valence electrons. The Kier molecular flexibility index (Phi) is 8.92. The molecule has 1 N–H and O–H groups in total. The van der Waals surface area contributed by atoms with E-state index in [0.29, 0.717) is 12.2 Å². The van der Waals surface area contributed by atoms with Crippen LogP contribution < -0.4 is 14.8 Å². The molecular formula is C25H30N2O6S. The summed E-state index contributed by atoms with van der Waals surface area (Å²) in [4.78, 5) is 41.8. The number of thioether (sulfide) groups is 1. The van der Waals surface area contributed by atoms with E-state index in [-0.39, 0.29) is 29.7 Å². The molecule has 0 aliphatic heterocycles. The van der Waals surface area contributed by atoms with E-state index in [9.17, 15) is 14.4 Å². The molecule has 34 heavy (non-hydrogen) atoms. The maximum absolute atomic E-state index is 12.9. The SMILES string of the molecule is COc1ccnc(C(=O)N[C@@H](C)C(=O)OC2CCc3cccc(C)c3C2)c1OC(=O)CCSC. The van der Waals surface area contributed by atoms with E-state index in [0.717, 1.165) is 12.8 Å². The number of fused-ring (bicyclic) bond motifs is 1. The van der Waals surface area contributed by atoms with E-state index < -0.39 is 23.9 Å². The van der Waals surface area contributed by atoms with Crippen molar-refractivity contribution in [1.82, 2.24) is 10.3 Å². The molecule has 1 unspecified atom stereocenters. The second-order valence-corrected chi connectivity index (χ2v) is 9.10. The molecule has 1 aliphatic rings. The van der Waals surface area contributed by atoms with Crippen molar-refractivity contribution < 1.29 is 28.6 Å². The van der Waals surface area contributed by atoms with Crippen molar-refractivity contribution in [1.29, 1.82) is 0 Å². The minimum atomic E-state index is -0.918. The molecule has 0 radical (unpaired) electrons. The first-order valence-corrected chi connectivity index (χ1v) is 12.5.